The summed E-state index contributed by atoms with van der Waals surface area (Å²) in [7, 11) is -1.58. The van der Waals surface area contributed by atoms with Crippen molar-refractivity contribution < 1.29 is 13.2 Å². The molecule has 0 N–H and O–H groups in total. The van der Waals surface area contributed by atoms with E-state index in [-0.39, 0.29) is 29.2 Å². The average Bonchev–Trinajstić information content (AvgIpc) is 2.64. The number of ether oxygens (including phenoxy) is 1. The lowest BCUT2D eigenvalue weighted by Gasteiger charge is -2.22. The fourth-order valence-electron chi connectivity index (χ4n) is 3.43. The molecule has 1 aliphatic carbocycles. The maximum absolute atomic E-state index is 12.3. The number of aryl methyl sites for hydroxylation is 1. The summed E-state index contributed by atoms with van der Waals surface area (Å²) in [4.78, 5) is 20.6. The molecule has 0 bridgehead atoms. The van der Waals surface area contributed by atoms with Crippen molar-refractivity contribution in [3.05, 3.63) is 40.4 Å². The first-order valence-electron chi connectivity index (χ1n) is 9.78. The monoisotopic (exact) mass is 405 g/mol. The minimum absolute atomic E-state index is 0.0595. The number of aromatic nitrogens is 3. The maximum atomic E-state index is 12.3. The molecule has 0 aliphatic heterocycles. The van der Waals surface area contributed by atoms with E-state index in [0.717, 1.165) is 25.7 Å². The van der Waals surface area contributed by atoms with E-state index in [0.29, 0.717) is 23.4 Å². The summed E-state index contributed by atoms with van der Waals surface area (Å²) in [6.45, 7) is 1.84. The van der Waals surface area contributed by atoms with Gasteiger partial charge in [0.05, 0.1) is 22.9 Å². The minimum atomic E-state index is -3.25. The van der Waals surface area contributed by atoms with E-state index in [1.54, 1.807) is 25.4 Å². The van der Waals surface area contributed by atoms with Crippen LogP contribution in [0.1, 0.15) is 51.1 Å². The fraction of sp³-hybridized carbons (Fsp3) is 0.550. The zero-order valence-electron chi connectivity index (χ0n) is 16.4. The van der Waals surface area contributed by atoms with Crippen molar-refractivity contribution in [3.63, 3.8) is 0 Å². The Hall–Kier alpha value is -2.22. The van der Waals surface area contributed by atoms with Gasteiger partial charge in [0.1, 0.15) is 6.10 Å². The summed E-state index contributed by atoms with van der Waals surface area (Å²) >= 11 is 0. The molecule has 0 unspecified atom stereocenters. The van der Waals surface area contributed by atoms with E-state index >= 15 is 0 Å². The van der Waals surface area contributed by atoms with Gasteiger partial charge in [0, 0.05) is 24.9 Å². The molecule has 3 rings (SSSR count). The highest BCUT2D eigenvalue weighted by atomic mass is 32.2. The molecule has 7 nitrogen and oxygen atoms in total. The summed E-state index contributed by atoms with van der Waals surface area (Å²) in [5.41, 5.74) is 1.56. The predicted octanol–water partition coefficient (Wildman–Crippen LogP) is 2.88. The molecule has 0 saturated heterocycles. The number of sulfone groups is 1. The van der Waals surface area contributed by atoms with Gasteiger partial charge in [0.2, 0.25) is 5.56 Å². The second-order valence-corrected chi connectivity index (χ2v) is 9.55. The SMILES string of the molecule is CCCS(=O)(=O)Cc1cc(-c2ccc(=O)n(C)c2)nc(OC2CCCCC2)n1. The van der Waals surface area contributed by atoms with Gasteiger partial charge in [-0.15, -0.1) is 0 Å². The standard InChI is InChI=1S/C20H27N3O4S/c1-3-11-28(25,26)14-16-12-18(15-9-10-19(24)23(2)13-15)22-20(21-16)27-17-7-5-4-6-8-17/h9-10,12-13,17H,3-8,11,14H2,1-2H3. The van der Waals surface area contributed by atoms with Crippen LogP contribution in [0.15, 0.2) is 29.2 Å². The van der Waals surface area contributed by atoms with Crippen LogP contribution in [0.3, 0.4) is 0 Å². The molecular formula is C20H27N3O4S. The summed E-state index contributed by atoms with van der Waals surface area (Å²) in [5.74, 6) is -0.0336. The molecular weight excluding hydrogens is 378 g/mol. The topological polar surface area (TPSA) is 91.2 Å². The van der Waals surface area contributed by atoms with Gasteiger partial charge >= 0.3 is 6.01 Å². The number of hydrogen-bond acceptors (Lipinski definition) is 6. The van der Waals surface area contributed by atoms with Gasteiger partial charge in [-0.3, -0.25) is 4.79 Å². The first-order valence-corrected chi connectivity index (χ1v) is 11.6. The number of hydrogen-bond donors (Lipinski definition) is 0. The fourth-order valence-corrected chi connectivity index (χ4v) is 4.80. The highest BCUT2D eigenvalue weighted by Crippen LogP contribution is 2.25. The predicted molar refractivity (Wildman–Crippen MR) is 108 cm³/mol. The molecule has 8 heteroatoms. The third-order valence-electron chi connectivity index (χ3n) is 4.85. The Balaban J connectivity index is 1.97. The van der Waals surface area contributed by atoms with Gasteiger partial charge in [-0.05, 0) is 44.2 Å². The smallest absolute Gasteiger partial charge is 0.317 e. The van der Waals surface area contributed by atoms with E-state index in [2.05, 4.69) is 9.97 Å². The van der Waals surface area contributed by atoms with Gasteiger partial charge < -0.3 is 9.30 Å². The third-order valence-corrected chi connectivity index (χ3v) is 6.61. The lowest BCUT2D eigenvalue weighted by atomic mass is 9.98. The second-order valence-electron chi connectivity index (χ2n) is 7.36. The third kappa shape index (κ3) is 5.41. The zero-order valence-corrected chi connectivity index (χ0v) is 17.2. The molecule has 152 valence electrons. The molecule has 0 spiro atoms. The Morgan fingerprint density at radius 2 is 1.93 bits per heavy atom. The Morgan fingerprint density at radius 1 is 1.18 bits per heavy atom. The van der Waals surface area contributed by atoms with Crippen LogP contribution in [0.2, 0.25) is 0 Å². The molecule has 28 heavy (non-hydrogen) atoms. The van der Waals surface area contributed by atoms with Gasteiger partial charge in [0.15, 0.2) is 9.84 Å². The highest BCUT2D eigenvalue weighted by Gasteiger charge is 2.19. The Kier molecular flexibility index (Phi) is 6.49. The zero-order chi connectivity index (χ0) is 20.1. The van der Waals surface area contributed by atoms with Crippen LogP contribution in [0.4, 0.5) is 0 Å². The van der Waals surface area contributed by atoms with E-state index in [4.69, 9.17) is 4.74 Å². The van der Waals surface area contributed by atoms with Crippen LogP contribution in [0, 0.1) is 0 Å². The van der Waals surface area contributed by atoms with Crippen molar-refractivity contribution in [2.24, 2.45) is 7.05 Å². The highest BCUT2D eigenvalue weighted by molar-refractivity contribution is 7.90. The van der Waals surface area contributed by atoms with Crippen LogP contribution in [-0.2, 0) is 22.6 Å². The normalized spacial score (nSPS) is 15.5. The van der Waals surface area contributed by atoms with Crippen LogP contribution < -0.4 is 10.3 Å². The van der Waals surface area contributed by atoms with E-state index in [1.807, 2.05) is 6.92 Å². The molecule has 2 aromatic heterocycles. The van der Waals surface area contributed by atoms with Crippen LogP contribution in [0.25, 0.3) is 11.3 Å². The van der Waals surface area contributed by atoms with Crippen molar-refractivity contribution in [1.82, 2.24) is 14.5 Å². The summed E-state index contributed by atoms with van der Waals surface area (Å²) in [6, 6.07) is 5.02. The Bertz CT molecular complexity index is 979. The van der Waals surface area contributed by atoms with E-state index < -0.39 is 9.84 Å². The van der Waals surface area contributed by atoms with Gasteiger partial charge in [-0.1, -0.05) is 13.3 Å². The summed E-state index contributed by atoms with van der Waals surface area (Å²) in [5, 5.41) is 0. The molecule has 0 amide bonds. The van der Waals surface area contributed by atoms with Gasteiger partial charge in [-0.2, -0.15) is 9.97 Å². The molecule has 0 atom stereocenters. The lowest BCUT2D eigenvalue weighted by Crippen LogP contribution is -2.21. The number of pyridine rings is 1. The van der Waals surface area contributed by atoms with E-state index in [1.165, 1.54) is 17.1 Å². The molecule has 0 radical (unpaired) electrons. The second kappa shape index (κ2) is 8.86. The first-order chi connectivity index (χ1) is 13.4. The van der Waals surface area contributed by atoms with Crippen LogP contribution >= 0.6 is 0 Å². The van der Waals surface area contributed by atoms with Gasteiger partial charge in [0.25, 0.3) is 0 Å². The Morgan fingerprint density at radius 3 is 2.61 bits per heavy atom. The van der Waals surface area contributed by atoms with Crippen molar-refractivity contribution >= 4 is 9.84 Å². The van der Waals surface area contributed by atoms with Crippen molar-refractivity contribution in [3.8, 4) is 17.3 Å². The summed E-state index contributed by atoms with van der Waals surface area (Å²) in [6.07, 6.45) is 7.65. The maximum Gasteiger partial charge on any atom is 0.317 e. The van der Waals surface area contributed by atoms with E-state index in [9.17, 15) is 13.2 Å². The molecule has 1 fully saturated rings. The van der Waals surface area contributed by atoms with Crippen LogP contribution in [0.5, 0.6) is 6.01 Å². The quantitative estimate of drug-likeness (QED) is 0.703. The van der Waals surface area contributed by atoms with Crippen molar-refractivity contribution in [2.45, 2.75) is 57.3 Å². The first kappa shape index (κ1) is 20.5. The summed E-state index contributed by atoms with van der Waals surface area (Å²) < 4.78 is 32.1. The largest absolute Gasteiger partial charge is 0.460 e. The van der Waals surface area contributed by atoms with Crippen molar-refractivity contribution in [2.75, 3.05) is 5.75 Å². The molecule has 1 saturated carbocycles. The minimum Gasteiger partial charge on any atom is -0.460 e. The molecule has 0 aromatic carbocycles. The molecule has 1 aliphatic rings. The average molecular weight is 406 g/mol. The molecule has 2 aromatic rings. The van der Waals surface area contributed by atoms with Gasteiger partial charge in [-0.25, -0.2) is 8.42 Å². The Labute approximate surface area is 165 Å². The number of nitrogens with zero attached hydrogens (tertiary/aromatic N) is 3. The number of rotatable bonds is 7. The van der Waals surface area contributed by atoms with Crippen molar-refractivity contribution in [1.29, 1.82) is 0 Å². The molecule has 2 heterocycles. The lowest BCUT2D eigenvalue weighted by molar-refractivity contribution is 0.141. The van der Waals surface area contributed by atoms with Crippen LogP contribution in [-0.4, -0.2) is 34.8 Å².